The third-order valence-electron chi connectivity index (χ3n) is 21.7. The molecular weight excluding hydrogens is 1410 g/mol. The van der Waals surface area contributed by atoms with Crippen molar-refractivity contribution in [3.05, 3.63) is 172 Å². The molecule has 10 rings (SSSR count). The van der Waals surface area contributed by atoms with Crippen LogP contribution in [0.15, 0.2) is 116 Å². The predicted molar refractivity (Wildman–Crippen MR) is 470 cm³/mol. The van der Waals surface area contributed by atoms with Crippen LogP contribution in [0.3, 0.4) is 0 Å². The van der Waals surface area contributed by atoms with Crippen molar-refractivity contribution in [1.29, 1.82) is 0 Å². The van der Waals surface area contributed by atoms with Gasteiger partial charge in [0.25, 0.3) is 0 Å². The zero-order valence-electron chi connectivity index (χ0n) is 75.7. The summed E-state index contributed by atoms with van der Waals surface area (Å²) < 4.78 is 36.2. The molecule has 19 nitrogen and oxygen atoms in total. The summed E-state index contributed by atoms with van der Waals surface area (Å²) in [5.41, 5.74) is 19.5. The molecule has 0 aliphatic rings. The van der Waals surface area contributed by atoms with E-state index >= 15 is 0 Å². The van der Waals surface area contributed by atoms with Gasteiger partial charge in [0.2, 0.25) is 0 Å². The fourth-order valence-corrected chi connectivity index (χ4v) is 15.3. The van der Waals surface area contributed by atoms with Crippen LogP contribution in [0, 0.1) is 0 Å². The van der Waals surface area contributed by atoms with Gasteiger partial charge in [-0.15, -0.1) is 0 Å². The van der Waals surface area contributed by atoms with Crippen molar-refractivity contribution in [1.82, 2.24) is 47.3 Å². The molecule has 0 saturated carbocycles. The summed E-state index contributed by atoms with van der Waals surface area (Å²) in [5, 5.41) is 6.23. The van der Waals surface area contributed by atoms with Crippen molar-refractivity contribution in [2.75, 3.05) is 113 Å². The van der Waals surface area contributed by atoms with E-state index in [0.717, 1.165) is 18.7 Å². The highest BCUT2D eigenvalue weighted by molar-refractivity contribution is 5.92. The van der Waals surface area contributed by atoms with E-state index in [-0.39, 0.29) is 75.1 Å². The summed E-state index contributed by atoms with van der Waals surface area (Å²) in [6, 6.07) is 31.4. The van der Waals surface area contributed by atoms with Crippen LogP contribution in [-0.2, 0) is 133 Å². The molecule has 19 heteroatoms. The number of aromatic nitrogens is 5. The minimum atomic E-state index is -0.279. The number of ether oxygens (including phenoxy) is 5. The number of fused-ring (bicyclic) bond motifs is 5. The molecule has 10 aromatic rings. The largest absolute Gasteiger partial charge is 0.497 e. The number of aryl methyl sites for hydroxylation is 5. The van der Waals surface area contributed by atoms with Gasteiger partial charge in [-0.2, -0.15) is 0 Å². The first kappa shape index (κ1) is 93.1. The minimum Gasteiger partial charge on any atom is -0.497 e. The first-order chi connectivity index (χ1) is 52.4. The number of carbonyl (C=O) groups excluding carboxylic acids is 4. The van der Waals surface area contributed by atoms with Gasteiger partial charge in [0.1, 0.15) is 29.9 Å². The molecule has 0 saturated heterocycles. The van der Waals surface area contributed by atoms with Crippen molar-refractivity contribution in [2.45, 2.75) is 187 Å². The van der Waals surface area contributed by atoms with E-state index in [1.54, 1.807) is 7.11 Å². The number of carbonyl (C=O) groups is 4. The Morgan fingerprint density at radius 3 is 1.21 bits per heavy atom. The highest BCUT2D eigenvalue weighted by Gasteiger charge is 2.32. The van der Waals surface area contributed by atoms with Crippen molar-refractivity contribution in [2.24, 2.45) is 35.2 Å². The number of esters is 4. The Kier molecular flexibility index (Phi) is 31.4. The third kappa shape index (κ3) is 22.9. The molecule has 5 heterocycles. The van der Waals surface area contributed by atoms with Crippen LogP contribution in [0.5, 0.6) is 5.75 Å². The number of likely N-dealkylation sites (N-methyl/N-ethyl adjacent to an activating group) is 5. The number of nitrogens with zero attached hydrogens (tertiary/aromatic N) is 10. The lowest BCUT2D eigenvalue weighted by Crippen LogP contribution is -2.38. The van der Waals surface area contributed by atoms with Gasteiger partial charge in [0.05, 0.1) is 41.1 Å². The molecule has 0 aliphatic carbocycles. The minimum absolute atomic E-state index is 0.0501. The number of rotatable bonds is 20. The zero-order chi connectivity index (χ0) is 85.2. The summed E-state index contributed by atoms with van der Waals surface area (Å²) in [6.45, 7) is 34.6. The van der Waals surface area contributed by atoms with E-state index in [1.165, 1.54) is 139 Å². The lowest BCUT2D eigenvalue weighted by Gasteiger charge is -2.24. The second kappa shape index (κ2) is 38.2. The first-order valence-corrected chi connectivity index (χ1v) is 39.5. The monoisotopic (exact) mass is 1550 g/mol. The number of hydrogen-bond acceptors (Lipinski definition) is 14. The molecule has 5 aromatic heterocycles. The van der Waals surface area contributed by atoms with E-state index in [1.807, 2.05) is 89.1 Å². The average Bonchev–Trinajstić information content (AvgIpc) is 1.63. The molecule has 0 bridgehead atoms. The Hall–Kier alpha value is -8.72. The highest BCUT2D eigenvalue weighted by Crippen LogP contribution is 2.39. The van der Waals surface area contributed by atoms with Crippen LogP contribution in [0.2, 0.25) is 0 Å². The molecular formula is C94H140N10O9. The first-order valence-electron chi connectivity index (χ1n) is 39.5. The standard InChI is InChI=1S/4C19H28N2O2.C18H28N2O/c1-19(2,3)14-8-9-16-15(11-14)13(12-21(16)6)10-17(20(4)5)18(22)23-7;1-19(2,3)14-8-9-15-13(12-21(6)16(15)11-14)10-17(20(4)5)18(22)23-7;1-19(2,3)14-9-8-10-15-17(14)13(12-21(15)6)11-16(20(4)5)18(22)23-7;1-19(2,3)15-10-8-9-14-13(12-21(6)17(14)15)11-16(20(4)5)18(22)23-7;1-18(2,3)17-14(10-11-19(4)5)15-12-13(21-7)8-9-16(15)20(17)6/h2*8-9,11-12,17H,10H2,1-7H3;2*8-10,12,16H,11H2,1-7H3;8-9,12H,10-11H2,1-7H3. The van der Waals surface area contributed by atoms with E-state index in [9.17, 15) is 19.2 Å². The Bertz CT molecular complexity index is 4850. The molecule has 113 heavy (non-hydrogen) atoms. The van der Waals surface area contributed by atoms with Crippen molar-refractivity contribution >= 4 is 78.4 Å². The molecule has 0 radical (unpaired) electrons. The molecule has 0 spiro atoms. The fraction of sp³-hybridized carbons (Fsp3) is 0.532. The number of methoxy groups -OCH3 is 5. The van der Waals surface area contributed by atoms with Gasteiger partial charge in [0.15, 0.2) is 0 Å². The highest BCUT2D eigenvalue weighted by atomic mass is 16.5. The van der Waals surface area contributed by atoms with Gasteiger partial charge < -0.3 is 51.4 Å². The van der Waals surface area contributed by atoms with Gasteiger partial charge in [-0.05, 0) is 191 Å². The molecule has 4 atom stereocenters. The van der Waals surface area contributed by atoms with Crippen LogP contribution >= 0.6 is 0 Å². The summed E-state index contributed by atoms with van der Waals surface area (Å²) >= 11 is 0. The number of benzene rings is 5. The predicted octanol–water partition coefficient (Wildman–Crippen LogP) is 16.1. The summed E-state index contributed by atoms with van der Waals surface area (Å²) in [6.07, 6.45) is 12.2. The maximum Gasteiger partial charge on any atom is 0.323 e. The van der Waals surface area contributed by atoms with Crippen LogP contribution in [-0.4, -0.2) is 208 Å². The number of para-hydroxylation sites is 1. The topological polar surface area (TPSA) is 155 Å². The SMILES string of the molecule is COC(=O)C(Cc1cn(C)c2c(C(C)(C)C)cccc12)N(C)C.COC(=O)C(Cc1cn(C)c2cc(C(C)(C)C)ccc12)N(C)C.COC(=O)C(Cc1cn(C)c2ccc(C(C)(C)C)cc12)N(C)C.COC(=O)C(Cc1cn(C)c2cccc(C(C)(C)C)c12)N(C)C.COc1ccc2c(c1)c(CCN(C)C)c(C(C)(C)C)n2C. The van der Waals surface area contributed by atoms with E-state index in [0.29, 0.717) is 25.7 Å². The maximum absolute atomic E-state index is 12.1. The lowest BCUT2D eigenvalue weighted by molar-refractivity contribution is -0.146. The van der Waals surface area contributed by atoms with Gasteiger partial charge in [-0.3, -0.25) is 38.8 Å². The Balaban J connectivity index is 0.000000220. The van der Waals surface area contributed by atoms with Gasteiger partial charge in [-0.25, -0.2) is 0 Å². The van der Waals surface area contributed by atoms with Crippen LogP contribution < -0.4 is 4.74 Å². The quantitative estimate of drug-likeness (QED) is 0.0525. The second-order valence-electron chi connectivity index (χ2n) is 36.8. The molecule has 0 N–H and O–H groups in total. The Morgan fingerprint density at radius 1 is 0.372 bits per heavy atom. The third-order valence-corrected chi connectivity index (χ3v) is 21.7. The zero-order valence-corrected chi connectivity index (χ0v) is 75.7. The molecule has 620 valence electrons. The summed E-state index contributed by atoms with van der Waals surface area (Å²) in [5.74, 6) is 0.149. The fourth-order valence-electron chi connectivity index (χ4n) is 15.3. The molecule has 0 aliphatic heterocycles. The number of hydrogen-bond donors (Lipinski definition) is 0. The average molecular weight is 1550 g/mol. The van der Waals surface area contributed by atoms with E-state index < -0.39 is 0 Å². The van der Waals surface area contributed by atoms with Crippen molar-refractivity contribution in [3.8, 4) is 5.75 Å². The normalized spacial score (nSPS) is 13.3. The molecule has 0 fully saturated rings. The van der Waals surface area contributed by atoms with Crippen molar-refractivity contribution in [3.63, 3.8) is 0 Å². The van der Waals surface area contributed by atoms with Crippen molar-refractivity contribution < 1.29 is 42.9 Å². The van der Waals surface area contributed by atoms with E-state index in [2.05, 4.69) is 284 Å². The summed E-state index contributed by atoms with van der Waals surface area (Å²) in [4.78, 5) is 58.1. The molecule has 5 aromatic carbocycles. The van der Waals surface area contributed by atoms with Gasteiger partial charge >= 0.3 is 23.9 Å². The summed E-state index contributed by atoms with van der Waals surface area (Å²) in [7, 11) is 37.5. The molecule has 4 unspecified atom stereocenters. The van der Waals surface area contributed by atoms with Gasteiger partial charge in [0, 0.05) is 152 Å². The Labute approximate surface area is 677 Å². The maximum atomic E-state index is 12.1. The van der Waals surface area contributed by atoms with Crippen LogP contribution in [0.4, 0.5) is 0 Å². The van der Waals surface area contributed by atoms with Crippen LogP contribution in [0.25, 0.3) is 54.5 Å². The smallest absolute Gasteiger partial charge is 0.323 e. The second-order valence-corrected chi connectivity index (χ2v) is 36.8. The Morgan fingerprint density at radius 2 is 0.770 bits per heavy atom. The van der Waals surface area contributed by atoms with E-state index in [4.69, 9.17) is 23.7 Å². The molecule has 0 amide bonds. The van der Waals surface area contributed by atoms with Gasteiger partial charge in [-0.1, -0.05) is 152 Å². The van der Waals surface area contributed by atoms with Crippen LogP contribution in [0.1, 0.15) is 160 Å². The lowest BCUT2D eigenvalue weighted by atomic mass is 9.83.